The first-order valence-electron chi connectivity index (χ1n) is 5.66. The molecule has 0 amide bonds. The van der Waals surface area contributed by atoms with E-state index in [9.17, 15) is 0 Å². The number of nitrogens with one attached hydrogen (secondary N) is 1. The zero-order valence-corrected chi connectivity index (χ0v) is 14.4. The summed E-state index contributed by atoms with van der Waals surface area (Å²) >= 11 is 1.82. The predicted molar refractivity (Wildman–Crippen MR) is 86.8 cm³/mol. The molecule has 4 heteroatoms. The molecular formula is C15H19ClNPRu+. The fourth-order valence-corrected chi connectivity index (χ4v) is 4.21. The Balaban J connectivity index is 0.00000103. The molecule has 0 heterocycles. The van der Waals surface area contributed by atoms with Crippen molar-refractivity contribution >= 4 is 28.2 Å². The molecule has 0 fully saturated rings. The normalized spacial score (nSPS) is 9.21. The Bertz CT molecular complexity index is 385. The topological polar surface area (TPSA) is 23.8 Å². The Hall–Kier alpha value is -0.257. The van der Waals surface area contributed by atoms with E-state index in [4.69, 9.17) is 5.73 Å². The maximum atomic E-state index is 7.46. The summed E-state index contributed by atoms with van der Waals surface area (Å²) in [5.41, 5.74) is 7.46. The smallest absolute Gasteiger partial charge is 0.0966 e. The molecule has 0 saturated heterocycles. The molecule has 0 unspecified atom stereocenters. The van der Waals surface area contributed by atoms with Gasteiger partial charge in [-0.05, 0) is 24.3 Å². The van der Waals surface area contributed by atoms with Gasteiger partial charge in [0.15, 0.2) is 0 Å². The van der Waals surface area contributed by atoms with Crippen molar-refractivity contribution in [2.45, 2.75) is 0 Å². The first-order chi connectivity index (χ1) is 8.92. The van der Waals surface area contributed by atoms with Crippen molar-refractivity contribution in [2.75, 3.05) is 12.7 Å². The minimum absolute atomic E-state index is 0. The Kier molecular flexibility index (Phi) is 11.4. The Labute approximate surface area is 132 Å². The van der Waals surface area contributed by atoms with Gasteiger partial charge in [-0.2, -0.15) is 0 Å². The van der Waals surface area contributed by atoms with Crippen molar-refractivity contribution in [1.82, 2.24) is 0 Å². The van der Waals surface area contributed by atoms with Gasteiger partial charge in [0.1, 0.15) is 0 Å². The minimum atomic E-state index is -0.738. The first kappa shape index (κ1) is 18.7. The average molecular weight is 381 g/mol. The fourth-order valence-electron chi connectivity index (χ4n) is 1.86. The summed E-state index contributed by atoms with van der Waals surface area (Å²) in [6.07, 6.45) is 0.985. The summed E-state index contributed by atoms with van der Waals surface area (Å²) < 4.78 is 0. The predicted octanol–water partition coefficient (Wildman–Crippen LogP) is 4.04. The number of hydrogen-bond donors (Lipinski definition) is 0. The molecule has 2 aromatic rings. The van der Waals surface area contributed by atoms with Crippen LogP contribution < -0.4 is 10.6 Å². The second-order valence-electron chi connectivity index (χ2n) is 3.71. The van der Waals surface area contributed by atoms with Crippen LogP contribution in [-0.2, 0) is 17.3 Å². The maximum Gasteiger partial charge on any atom is 0.0966 e. The fraction of sp³-hybridized carbons (Fsp3) is 0.133. The second kappa shape index (κ2) is 11.6. The van der Waals surface area contributed by atoms with Gasteiger partial charge >= 0.3 is 27.0 Å². The molecule has 0 saturated carbocycles. The van der Waals surface area contributed by atoms with Gasteiger partial charge in [-0.15, -0.1) is 6.54 Å². The van der Waals surface area contributed by atoms with Crippen LogP contribution in [0, 0.1) is 7.43 Å². The van der Waals surface area contributed by atoms with Crippen LogP contribution in [0.25, 0.3) is 5.73 Å². The molecule has 0 bridgehead atoms. The van der Waals surface area contributed by atoms with E-state index in [0.29, 0.717) is 6.54 Å². The molecule has 2 aromatic carbocycles. The standard InChI is InChI=1S/C14H15NP.CH3.ClH.Ru/c15-11-12-16(13-7-3-1-4-8-13)14-9-5-2-6-10-14;;;/h1-10,15H,11-12H2;1H3;1H;/q2*-1;;+3. The minimum Gasteiger partial charge on any atom is -0.674 e. The Morgan fingerprint density at radius 1 is 0.842 bits per heavy atom. The van der Waals surface area contributed by atoms with E-state index in [2.05, 4.69) is 70.4 Å². The van der Waals surface area contributed by atoms with Gasteiger partial charge in [-0.25, -0.2) is 0 Å². The molecule has 103 valence electrons. The third-order valence-corrected chi connectivity index (χ3v) is 5.43. The van der Waals surface area contributed by atoms with Crippen LogP contribution in [0.4, 0.5) is 0 Å². The second-order valence-corrected chi connectivity index (χ2v) is 6.32. The van der Waals surface area contributed by atoms with Gasteiger partial charge in [0, 0.05) is 6.16 Å². The van der Waals surface area contributed by atoms with Crippen LogP contribution in [0.15, 0.2) is 60.7 Å². The third kappa shape index (κ3) is 6.15. The van der Waals surface area contributed by atoms with Crippen molar-refractivity contribution in [3.8, 4) is 0 Å². The maximum absolute atomic E-state index is 7.46. The summed E-state index contributed by atoms with van der Waals surface area (Å²) in [7, 11) is 3.83. The monoisotopic (exact) mass is 381 g/mol. The van der Waals surface area contributed by atoms with E-state index >= 15 is 0 Å². The van der Waals surface area contributed by atoms with E-state index in [1.807, 2.05) is 17.3 Å². The van der Waals surface area contributed by atoms with Crippen LogP contribution in [0.2, 0.25) is 0 Å². The van der Waals surface area contributed by atoms with E-state index in [1.54, 1.807) is 0 Å². The number of benzene rings is 2. The zero-order valence-electron chi connectivity index (χ0n) is 10.9. The van der Waals surface area contributed by atoms with Crippen LogP contribution in [0.5, 0.6) is 0 Å². The van der Waals surface area contributed by atoms with E-state index in [-0.39, 0.29) is 7.43 Å². The Morgan fingerprint density at radius 2 is 1.21 bits per heavy atom. The zero-order chi connectivity index (χ0) is 13.2. The molecule has 0 atom stereocenters. The largest absolute Gasteiger partial charge is 0.674 e. The molecule has 19 heavy (non-hydrogen) atoms. The van der Waals surface area contributed by atoms with Gasteiger partial charge in [-0.3, -0.25) is 0 Å². The molecule has 0 spiro atoms. The van der Waals surface area contributed by atoms with Gasteiger partial charge in [0.2, 0.25) is 0 Å². The van der Waals surface area contributed by atoms with Gasteiger partial charge in [0.25, 0.3) is 0 Å². The van der Waals surface area contributed by atoms with Crippen molar-refractivity contribution in [3.63, 3.8) is 0 Å². The van der Waals surface area contributed by atoms with Gasteiger partial charge in [-0.1, -0.05) is 36.4 Å². The summed E-state index contributed by atoms with van der Waals surface area (Å²) in [6, 6.07) is 21.2. The molecule has 1 N–H and O–H groups in total. The van der Waals surface area contributed by atoms with E-state index in [1.165, 1.54) is 10.6 Å². The number of rotatable bonds is 4. The van der Waals surface area contributed by atoms with Crippen LogP contribution in [0.3, 0.4) is 0 Å². The Morgan fingerprint density at radius 3 is 1.53 bits per heavy atom. The molecular weight excluding hydrogens is 362 g/mol. The number of hydrogen-bond acceptors (Lipinski definition) is 0. The van der Waals surface area contributed by atoms with Crippen LogP contribution in [0.1, 0.15) is 0 Å². The van der Waals surface area contributed by atoms with Crippen LogP contribution in [-0.4, -0.2) is 12.7 Å². The molecule has 0 aliphatic carbocycles. The SMILES string of the molecule is [CH3-].[Cl][Ru+2].[NH-]CC[PH+](c1ccccc1)c1ccccc1. The summed E-state index contributed by atoms with van der Waals surface area (Å²) in [5.74, 6) is 0. The molecule has 1 nitrogen and oxygen atoms in total. The van der Waals surface area contributed by atoms with Crippen molar-refractivity contribution in [1.29, 1.82) is 0 Å². The first-order valence-corrected chi connectivity index (χ1v) is 9.61. The molecule has 0 aliphatic rings. The van der Waals surface area contributed by atoms with Crippen molar-refractivity contribution in [2.24, 2.45) is 0 Å². The average Bonchev–Trinajstić information content (AvgIpc) is 2.49. The molecule has 2 rings (SSSR count). The summed E-state index contributed by atoms with van der Waals surface area (Å²) in [6.45, 7) is 0.512. The molecule has 0 radical (unpaired) electrons. The quantitative estimate of drug-likeness (QED) is 0.434. The van der Waals surface area contributed by atoms with Crippen molar-refractivity contribution < 1.29 is 17.3 Å². The molecule has 0 aromatic heterocycles. The van der Waals surface area contributed by atoms with Crippen molar-refractivity contribution in [3.05, 3.63) is 73.8 Å². The van der Waals surface area contributed by atoms with Crippen LogP contribution >= 0.6 is 17.6 Å². The van der Waals surface area contributed by atoms with Gasteiger partial charge < -0.3 is 13.2 Å². The van der Waals surface area contributed by atoms with Gasteiger partial charge in [0.05, 0.1) is 18.5 Å². The summed E-state index contributed by atoms with van der Waals surface area (Å²) in [4.78, 5) is 0. The third-order valence-electron chi connectivity index (χ3n) is 2.62. The molecule has 0 aliphatic heterocycles. The van der Waals surface area contributed by atoms with E-state index < -0.39 is 7.92 Å². The number of halogens is 1. The van der Waals surface area contributed by atoms with E-state index in [0.717, 1.165) is 6.16 Å². The summed E-state index contributed by atoms with van der Waals surface area (Å²) in [5, 5.41) is 2.82.